The first-order valence-electron chi connectivity index (χ1n) is 6.49. The average molecular weight is 329 g/mol. The Morgan fingerprint density at radius 2 is 1.90 bits per heavy atom. The fourth-order valence-electron chi connectivity index (χ4n) is 2.05. The Balaban J connectivity index is 2.69. The molecular weight excluding hydrogens is 312 g/mol. The highest BCUT2D eigenvalue weighted by Gasteiger charge is 2.25. The molecule has 2 aromatic rings. The van der Waals surface area contributed by atoms with E-state index in [-0.39, 0.29) is 10.6 Å². The minimum atomic E-state index is -3.84. The van der Waals surface area contributed by atoms with Crippen LogP contribution < -0.4 is 4.74 Å². The normalized spacial score (nSPS) is 11.7. The summed E-state index contributed by atoms with van der Waals surface area (Å²) in [6.07, 6.45) is 0. The van der Waals surface area contributed by atoms with Crippen LogP contribution in [0.2, 0.25) is 5.02 Å². The number of benzene rings is 1. The van der Waals surface area contributed by atoms with E-state index in [9.17, 15) is 8.42 Å². The first kappa shape index (κ1) is 15.9. The highest BCUT2D eigenvalue weighted by molar-refractivity contribution is 7.90. The van der Waals surface area contributed by atoms with Gasteiger partial charge >= 0.3 is 0 Å². The van der Waals surface area contributed by atoms with Gasteiger partial charge in [-0.05, 0) is 51.5 Å². The lowest BCUT2D eigenvalue weighted by atomic mass is 10.2. The van der Waals surface area contributed by atoms with E-state index in [1.54, 1.807) is 39.8 Å². The van der Waals surface area contributed by atoms with Gasteiger partial charge in [-0.25, -0.2) is 0 Å². The number of ether oxygens (including phenoxy) is 1. The van der Waals surface area contributed by atoms with E-state index in [4.69, 9.17) is 16.3 Å². The van der Waals surface area contributed by atoms with Gasteiger partial charge in [0.1, 0.15) is 10.6 Å². The summed E-state index contributed by atoms with van der Waals surface area (Å²) in [7, 11) is -3.84. The zero-order chi connectivity index (χ0) is 15.8. The van der Waals surface area contributed by atoms with E-state index in [0.717, 1.165) is 9.65 Å². The van der Waals surface area contributed by atoms with Gasteiger partial charge in [0, 0.05) is 5.02 Å². The molecule has 0 radical (unpaired) electrons. The van der Waals surface area contributed by atoms with Crippen LogP contribution in [0.15, 0.2) is 23.1 Å². The molecule has 0 aliphatic rings. The Hall–Kier alpha value is -1.53. The first-order chi connectivity index (χ1) is 9.77. The van der Waals surface area contributed by atoms with E-state index >= 15 is 0 Å². The van der Waals surface area contributed by atoms with Crippen LogP contribution in [-0.4, -0.2) is 24.2 Å². The summed E-state index contributed by atoms with van der Waals surface area (Å²) in [5.41, 5.74) is 1.92. The molecule has 5 nitrogen and oxygen atoms in total. The van der Waals surface area contributed by atoms with Crippen LogP contribution in [0.4, 0.5) is 0 Å². The molecule has 1 aromatic heterocycles. The van der Waals surface area contributed by atoms with Crippen LogP contribution in [0.5, 0.6) is 5.75 Å². The van der Waals surface area contributed by atoms with Crippen molar-refractivity contribution in [2.24, 2.45) is 0 Å². The Bertz CT molecular complexity index is 782. The van der Waals surface area contributed by atoms with Crippen molar-refractivity contribution >= 4 is 21.6 Å². The second-order valence-corrected chi connectivity index (χ2v) is 6.90. The van der Waals surface area contributed by atoms with Gasteiger partial charge < -0.3 is 4.74 Å². The summed E-state index contributed by atoms with van der Waals surface area (Å²) in [6, 6.07) is 4.74. The third-order valence-electron chi connectivity index (χ3n) is 3.00. The van der Waals surface area contributed by atoms with E-state index in [2.05, 4.69) is 5.10 Å². The molecule has 0 unspecified atom stereocenters. The fraction of sp³-hybridized carbons (Fsp3) is 0.357. The van der Waals surface area contributed by atoms with Gasteiger partial charge in [-0.3, -0.25) is 0 Å². The van der Waals surface area contributed by atoms with Crippen LogP contribution in [0, 0.1) is 20.8 Å². The molecule has 0 amide bonds. The zero-order valence-electron chi connectivity index (χ0n) is 12.3. The first-order valence-corrected chi connectivity index (χ1v) is 8.31. The van der Waals surface area contributed by atoms with Crippen molar-refractivity contribution in [3.05, 3.63) is 40.2 Å². The van der Waals surface area contributed by atoms with Crippen molar-refractivity contribution in [2.45, 2.75) is 32.6 Å². The lowest BCUT2D eigenvalue weighted by Gasteiger charge is -2.13. The van der Waals surface area contributed by atoms with Crippen LogP contribution in [0.3, 0.4) is 0 Å². The molecule has 0 aliphatic heterocycles. The third-order valence-corrected chi connectivity index (χ3v) is 5.11. The Kier molecular flexibility index (Phi) is 4.30. The van der Waals surface area contributed by atoms with Crippen molar-refractivity contribution in [1.82, 2.24) is 9.19 Å². The summed E-state index contributed by atoms with van der Waals surface area (Å²) in [5, 5.41) is 4.42. The highest BCUT2D eigenvalue weighted by atomic mass is 35.5. The molecule has 1 aromatic carbocycles. The van der Waals surface area contributed by atoms with E-state index in [0.29, 0.717) is 23.0 Å². The van der Waals surface area contributed by atoms with Crippen molar-refractivity contribution < 1.29 is 13.2 Å². The van der Waals surface area contributed by atoms with Gasteiger partial charge in [0.05, 0.1) is 18.0 Å². The monoisotopic (exact) mass is 328 g/mol. The summed E-state index contributed by atoms with van der Waals surface area (Å²) in [4.78, 5) is 0.0196. The molecule has 1 heterocycles. The molecule has 0 saturated carbocycles. The average Bonchev–Trinajstić information content (AvgIpc) is 2.73. The Morgan fingerprint density at radius 3 is 2.43 bits per heavy atom. The smallest absolute Gasteiger partial charge is 0.286 e. The van der Waals surface area contributed by atoms with E-state index < -0.39 is 10.0 Å². The molecule has 0 spiro atoms. The number of rotatable bonds is 4. The van der Waals surface area contributed by atoms with E-state index in [1.165, 1.54) is 6.07 Å². The van der Waals surface area contributed by atoms with Crippen LogP contribution in [0.25, 0.3) is 0 Å². The van der Waals surface area contributed by atoms with Crippen molar-refractivity contribution in [3.63, 3.8) is 0 Å². The Morgan fingerprint density at radius 1 is 1.24 bits per heavy atom. The lowest BCUT2D eigenvalue weighted by Crippen LogP contribution is -2.17. The minimum absolute atomic E-state index is 0.0196. The summed E-state index contributed by atoms with van der Waals surface area (Å²) in [5.74, 6) is 0.284. The van der Waals surface area contributed by atoms with Crippen molar-refractivity contribution in [1.29, 1.82) is 0 Å². The Labute approximate surface area is 129 Å². The van der Waals surface area contributed by atoms with Crippen LogP contribution in [0.1, 0.15) is 23.9 Å². The second-order valence-electron chi connectivity index (χ2n) is 4.76. The van der Waals surface area contributed by atoms with Gasteiger partial charge in [-0.2, -0.15) is 17.6 Å². The summed E-state index contributed by atoms with van der Waals surface area (Å²) >= 11 is 6.07. The van der Waals surface area contributed by atoms with Crippen LogP contribution in [-0.2, 0) is 10.0 Å². The molecule has 0 saturated heterocycles. The molecule has 0 aliphatic carbocycles. The highest BCUT2D eigenvalue weighted by Crippen LogP contribution is 2.32. The standard InChI is InChI=1S/C14H17ClN2O3S/c1-5-20-13-6-9(2)12(15)8-14(13)21(18,19)17-11(4)7-10(3)16-17/h6-8H,5H2,1-4H3. The number of hydrogen-bond acceptors (Lipinski definition) is 4. The fourth-order valence-corrected chi connectivity index (χ4v) is 3.77. The minimum Gasteiger partial charge on any atom is -0.492 e. The maximum absolute atomic E-state index is 12.8. The molecule has 0 bridgehead atoms. The number of halogens is 1. The second kappa shape index (κ2) is 5.69. The molecule has 0 atom stereocenters. The summed E-state index contributed by atoms with van der Waals surface area (Å²) < 4.78 is 32.0. The van der Waals surface area contributed by atoms with Gasteiger partial charge in [-0.15, -0.1) is 0 Å². The number of aromatic nitrogens is 2. The molecular formula is C14H17ClN2O3S. The molecule has 21 heavy (non-hydrogen) atoms. The molecule has 0 fully saturated rings. The molecule has 2 rings (SSSR count). The predicted molar refractivity (Wildman–Crippen MR) is 81.6 cm³/mol. The van der Waals surface area contributed by atoms with Crippen molar-refractivity contribution in [2.75, 3.05) is 6.61 Å². The zero-order valence-corrected chi connectivity index (χ0v) is 13.9. The summed E-state index contributed by atoms with van der Waals surface area (Å²) in [6.45, 7) is 7.38. The number of nitrogens with zero attached hydrogens (tertiary/aromatic N) is 2. The predicted octanol–water partition coefficient (Wildman–Crippen LogP) is 3.10. The quantitative estimate of drug-likeness (QED) is 0.865. The molecule has 0 N–H and O–H groups in total. The number of hydrogen-bond donors (Lipinski definition) is 0. The number of aryl methyl sites for hydroxylation is 3. The molecule has 114 valence electrons. The maximum atomic E-state index is 12.8. The van der Waals surface area contributed by atoms with Gasteiger partial charge in [0.2, 0.25) is 0 Å². The van der Waals surface area contributed by atoms with Gasteiger partial charge in [0.25, 0.3) is 10.0 Å². The van der Waals surface area contributed by atoms with Crippen molar-refractivity contribution in [3.8, 4) is 5.75 Å². The van der Waals surface area contributed by atoms with Gasteiger partial charge in [-0.1, -0.05) is 11.6 Å². The maximum Gasteiger partial charge on any atom is 0.286 e. The SMILES string of the molecule is CCOc1cc(C)c(Cl)cc1S(=O)(=O)n1nc(C)cc1C. The topological polar surface area (TPSA) is 61.2 Å². The van der Waals surface area contributed by atoms with E-state index in [1.807, 2.05) is 0 Å². The lowest BCUT2D eigenvalue weighted by molar-refractivity contribution is 0.330. The van der Waals surface area contributed by atoms with Crippen LogP contribution >= 0.6 is 11.6 Å². The van der Waals surface area contributed by atoms with Gasteiger partial charge in [0.15, 0.2) is 0 Å². The third kappa shape index (κ3) is 2.91. The largest absolute Gasteiger partial charge is 0.492 e. The molecule has 7 heteroatoms.